The lowest BCUT2D eigenvalue weighted by molar-refractivity contribution is -0.00711. The number of aryl methyl sites for hydroxylation is 1. The lowest BCUT2D eigenvalue weighted by atomic mass is 9.49. The SMILES string of the molecule is Cn1nnn(-c2cccc(Br)c2COc2nc(C34CC5CC(CC(C5)C3)C4)cs2)c1=O. The van der Waals surface area contributed by atoms with E-state index in [-0.39, 0.29) is 11.1 Å². The van der Waals surface area contributed by atoms with E-state index in [9.17, 15) is 4.79 Å². The van der Waals surface area contributed by atoms with Crippen LogP contribution in [0.15, 0.2) is 32.8 Å². The summed E-state index contributed by atoms with van der Waals surface area (Å²) in [5.74, 6) is 2.68. The van der Waals surface area contributed by atoms with E-state index >= 15 is 0 Å². The van der Waals surface area contributed by atoms with Gasteiger partial charge >= 0.3 is 5.69 Å². The van der Waals surface area contributed by atoms with Gasteiger partial charge in [0.25, 0.3) is 5.19 Å². The van der Waals surface area contributed by atoms with Gasteiger partial charge in [-0.05, 0) is 78.8 Å². The van der Waals surface area contributed by atoms with Crippen LogP contribution < -0.4 is 10.4 Å². The molecule has 162 valence electrons. The monoisotopic (exact) mass is 501 g/mol. The summed E-state index contributed by atoms with van der Waals surface area (Å²) >= 11 is 5.18. The molecular formula is C22H24BrN5O2S. The van der Waals surface area contributed by atoms with E-state index in [4.69, 9.17) is 9.72 Å². The second-order valence-corrected chi connectivity index (χ2v) is 11.2. The molecule has 4 fully saturated rings. The predicted octanol–water partition coefficient (Wildman–Crippen LogP) is 4.23. The Morgan fingerprint density at radius 3 is 2.52 bits per heavy atom. The highest BCUT2D eigenvalue weighted by Gasteiger charge is 2.52. The van der Waals surface area contributed by atoms with Crippen LogP contribution in [-0.4, -0.2) is 24.8 Å². The number of hydrogen-bond donors (Lipinski definition) is 0. The fraction of sp³-hybridized carbons (Fsp3) is 0.545. The Balaban J connectivity index is 1.25. The Morgan fingerprint density at radius 2 is 1.87 bits per heavy atom. The lowest BCUT2D eigenvalue weighted by Crippen LogP contribution is -2.48. The van der Waals surface area contributed by atoms with E-state index in [1.807, 2.05) is 18.2 Å². The number of aromatic nitrogens is 5. The smallest absolute Gasteiger partial charge is 0.368 e. The number of tetrazole rings is 1. The molecule has 4 saturated carbocycles. The third-order valence-corrected chi connectivity index (χ3v) is 8.94. The first-order valence-electron chi connectivity index (χ1n) is 10.9. The summed E-state index contributed by atoms with van der Waals surface area (Å²) in [6.07, 6.45) is 8.18. The first kappa shape index (κ1) is 19.7. The molecular weight excluding hydrogens is 478 g/mol. The topological polar surface area (TPSA) is 74.8 Å². The van der Waals surface area contributed by atoms with Gasteiger partial charge in [-0.2, -0.15) is 9.36 Å². The molecule has 0 spiro atoms. The average molecular weight is 502 g/mol. The highest BCUT2D eigenvalue weighted by atomic mass is 79.9. The molecule has 0 atom stereocenters. The van der Waals surface area contributed by atoms with Crippen LogP contribution in [0.2, 0.25) is 0 Å². The van der Waals surface area contributed by atoms with Gasteiger partial charge in [-0.3, -0.25) is 0 Å². The van der Waals surface area contributed by atoms with Crippen molar-refractivity contribution in [3.8, 4) is 10.9 Å². The van der Waals surface area contributed by atoms with Gasteiger partial charge in [0.15, 0.2) is 0 Å². The first-order chi connectivity index (χ1) is 15.0. The second kappa shape index (κ2) is 7.27. The summed E-state index contributed by atoms with van der Waals surface area (Å²) in [4.78, 5) is 17.3. The van der Waals surface area contributed by atoms with Crippen LogP contribution in [0.3, 0.4) is 0 Å². The van der Waals surface area contributed by atoms with Crippen molar-refractivity contribution in [3.05, 3.63) is 49.8 Å². The van der Waals surface area contributed by atoms with Gasteiger partial charge in [-0.25, -0.2) is 9.78 Å². The maximum atomic E-state index is 12.4. The molecule has 0 saturated heterocycles. The number of hydrogen-bond acceptors (Lipinski definition) is 6. The minimum Gasteiger partial charge on any atom is -0.465 e. The van der Waals surface area contributed by atoms with E-state index in [1.165, 1.54) is 53.6 Å². The molecule has 31 heavy (non-hydrogen) atoms. The number of thiazole rings is 1. The van der Waals surface area contributed by atoms with Crippen molar-refractivity contribution >= 4 is 27.3 Å². The molecule has 1 aromatic carbocycles. The van der Waals surface area contributed by atoms with Crippen molar-refractivity contribution in [3.63, 3.8) is 0 Å². The quantitative estimate of drug-likeness (QED) is 0.522. The summed E-state index contributed by atoms with van der Waals surface area (Å²) in [6, 6.07) is 5.66. The molecule has 0 radical (unpaired) electrons. The average Bonchev–Trinajstić information content (AvgIpc) is 3.34. The highest BCUT2D eigenvalue weighted by molar-refractivity contribution is 9.10. The van der Waals surface area contributed by atoms with E-state index in [0.717, 1.165) is 27.8 Å². The van der Waals surface area contributed by atoms with Crippen molar-refractivity contribution in [1.29, 1.82) is 0 Å². The van der Waals surface area contributed by atoms with Crippen LogP contribution in [0.5, 0.6) is 5.19 Å². The maximum Gasteiger partial charge on any atom is 0.368 e. The van der Waals surface area contributed by atoms with Gasteiger partial charge < -0.3 is 4.74 Å². The highest BCUT2D eigenvalue weighted by Crippen LogP contribution is 2.60. The Hall–Kier alpha value is -2.00. The van der Waals surface area contributed by atoms with Gasteiger partial charge in [0, 0.05) is 27.9 Å². The number of halogens is 1. The molecule has 0 unspecified atom stereocenters. The van der Waals surface area contributed by atoms with Crippen molar-refractivity contribution in [1.82, 2.24) is 24.8 Å². The summed E-state index contributed by atoms with van der Waals surface area (Å²) < 4.78 is 9.50. The molecule has 0 aliphatic heterocycles. The van der Waals surface area contributed by atoms with Crippen LogP contribution in [0.25, 0.3) is 5.69 Å². The molecule has 7 rings (SSSR count). The molecule has 2 aromatic heterocycles. The van der Waals surface area contributed by atoms with Crippen LogP contribution in [0.4, 0.5) is 0 Å². The standard InChI is InChI=1S/C22H24BrN5O2S/c1-27-21(29)28(26-25-27)18-4-2-3-17(23)16(18)11-30-20-24-19(12-31-20)22-8-13-5-14(9-22)7-15(6-13)10-22/h2-4,12-15H,5-11H2,1H3. The van der Waals surface area contributed by atoms with Gasteiger partial charge in [0.2, 0.25) is 0 Å². The Morgan fingerprint density at radius 1 is 1.16 bits per heavy atom. The van der Waals surface area contributed by atoms with E-state index in [1.54, 1.807) is 18.4 Å². The van der Waals surface area contributed by atoms with Crippen LogP contribution in [0, 0.1) is 17.8 Å². The zero-order valence-corrected chi connectivity index (χ0v) is 19.7. The third kappa shape index (κ3) is 3.28. The zero-order valence-electron chi connectivity index (χ0n) is 17.3. The molecule has 9 heteroatoms. The largest absolute Gasteiger partial charge is 0.465 e. The van der Waals surface area contributed by atoms with Crippen molar-refractivity contribution in [2.75, 3.05) is 0 Å². The molecule has 0 N–H and O–H groups in total. The lowest BCUT2D eigenvalue weighted by Gasteiger charge is -2.56. The minimum absolute atomic E-state index is 0.276. The Labute approximate surface area is 192 Å². The molecule has 2 heterocycles. The number of benzene rings is 1. The Kier molecular flexibility index (Phi) is 4.61. The van der Waals surface area contributed by atoms with Crippen LogP contribution >= 0.6 is 27.3 Å². The van der Waals surface area contributed by atoms with Crippen LogP contribution in [0.1, 0.15) is 49.8 Å². The van der Waals surface area contributed by atoms with E-state index in [0.29, 0.717) is 17.5 Å². The maximum absolute atomic E-state index is 12.4. The van der Waals surface area contributed by atoms with E-state index < -0.39 is 0 Å². The molecule has 0 amide bonds. The van der Waals surface area contributed by atoms with Gasteiger partial charge in [-0.1, -0.05) is 33.3 Å². The second-order valence-electron chi connectivity index (χ2n) is 9.52. The molecule has 4 aliphatic carbocycles. The van der Waals surface area contributed by atoms with Crippen molar-refractivity contribution in [2.45, 2.75) is 50.5 Å². The van der Waals surface area contributed by atoms with E-state index in [2.05, 4.69) is 31.7 Å². The van der Waals surface area contributed by atoms with Crippen molar-refractivity contribution < 1.29 is 4.74 Å². The predicted molar refractivity (Wildman–Crippen MR) is 121 cm³/mol. The summed E-state index contributed by atoms with van der Waals surface area (Å²) in [6.45, 7) is 0.299. The number of rotatable bonds is 5. The van der Waals surface area contributed by atoms with Crippen molar-refractivity contribution in [2.24, 2.45) is 24.8 Å². The zero-order chi connectivity index (χ0) is 21.2. The molecule has 4 aliphatic rings. The minimum atomic E-state index is -0.294. The molecule has 7 nitrogen and oxygen atoms in total. The Bertz CT molecular complexity index is 1160. The number of ether oxygens (including phenoxy) is 1. The third-order valence-electron chi connectivity index (χ3n) is 7.45. The van der Waals surface area contributed by atoms with Gasteiger partial charge in [-0.15, -0.1) is 0 Å². The normalized spacial score (nSPS) is 28.9. The fourth-order valence-corrected chi connectivity index (χ4v) is 7.74. The van der Waals surface area contributed by atoms with Gasteiger partial charge in [0.1, 0.15) is 6.61 Å². The summed E-state index contributed by atoms with van der Waals surface area (Å²) in [7, 11) is 1.58. The van der Waals surface area contributed by atoms with Crippen LogP contribution in [-0.2, 0) is 19.1 Å². The molecule has 3 aromatic rings. The summed E-state index contributed by atoms with van der Waals surface area (Å²) in [5.41, 5.74) is 2.72. The number of nitrogens with zero attached hydrogens (tertiary/aromatic N) is 5. The molecule has 4 bridgehead atoms. The fourth-order valence-electron chi connectivity index (χ4n) is 6.48. The summed E-state index contributed by atoms with van der Waals surface area (Å²) in [5, 5.41) is 10.7. The first-order valence-corrected chi connectivity index (χ1v) is 12.5. The van der Waals surface area contributed by atoms with Gasteiger partial charge in [0.05, 0.1) is 11.4 Å².